The minimum Gasteiger partial charge on any atom is -0.481 e. The normalized spacial score (nSPS) is 61.3. The lowest BCUT2D eigenvalue weighted by Crippen LogP contribution is -2.69. The lowest BCUT2D eigenvalue weighted by atomic mass is 9.30. The molecule has 11 atom stereocenters. The predicted octanol–water partition coefficient (Wildman–Crippen LogP) is 5.83. The number of Topliss-reactive ketones (excluding diaryl/α,β-unsaturated/α-hetero) is 1. The van der Waals surface area contributed by atoms with Crippen molar-refractivity contribution < 1.29 is 24.5 Å². The van der Waals surface area contributed by atoms with Gasteiger partial charge in [0.15, 0.2) is 5.78 Å². The van der Waals surface area contributed by atoms with Crippen LogP contribution in [0, 0.1) is 56.2 Å². The highest BCUT2D eigenvalue weighted by atomic mass is 16.6. The van der Waals surface area contributed by atoms with Gasteiger partial charge in [0.1, 0.15) is 0 Å². The Balaban J connectivity index is 1.41. The molecule has 0 radical (unpaired) electrons. The van der Waals surface area contributed by atoms with E-state index in [1.165, 1.54) is 12.8 Å². The van der Waals surface area contributed by atoms with Crippen molar-refractivity contribution in [2.75, 3.05) is 6.61 Å². The largest absolute Gasteiger partial charge is 0.481 e. The maximum atomic E-state index is 13.2. The van der Waals surface area contributed by atoms with Crippen LogP contribution in [0.4, 0.5) is 0 Å². The molecular weight excluding hydrogens is 440 g/mol. The molecule has 196 valence electrons. The van der Waals surface area contributed by atoms with E-state index in [-0.39, 0.29) is 44.7 Å². The Labute approximate surface area is 210 Å². The van der Waals surface area contributed by atoms with Crippen molar-refractivity contribution in [1.82, 2.24) is 0 Å². The van der Waals surface area contributed by atoms with Crippen LogP contribution in [0.3, 0.4) is 0 Å². The van der Waals surface area contributed by atoms with Gasteiger partial charge in [-0.2, -0.15) is 0 Å². The topological polar surface area (TPSA) is 83.8 Å². The van der Waals surface area contributed by atoms with Crippen LogP contribution in [-0.2, 0) is 14.3 Å². The van der Waals surface area contributed by atoms with Crippen LogP contribution in [0.15, 0.2) is 0 Å². The van der Waals surface area contributed by atoms with E-state index < -0.39 is 17.2 Å². The summed E-state index contributed by atoms with van der Waals surface area (Å²) in [6.07, 6.45) is 9.75. The number of hydrogen-bond acceptors (Lipinski definition) is 4. The first-order valence-electron chi connectivity index (χ1n) is 14.2. The van der Waals surface area contributed by atoms with E-state index in [1.54, 1.807) is 0 Å². The SMILES string of the molecule is C[C@@H]1[C@@]23CC[C@@H]4[C@@](C)(CC[C@@]5(C)[C@@H]6C[C@](C)(C(=O)O)CC[C@]6(C)CC[C@]45C)C2CC(=O)[C@]1(O)OC3. The lowest BCUT2D eigenvalue weighted by molar-refractivity contribution is -0.261. The van der Waals surface area contributed by atoms with E-state index in [0.29, 0.717) is 24.9 Å². The number of aliphatic carboxylic acids is 1. The third kappa shape index (κ3) is 2.59. The Morgan fingerprint density at radius 3 is 2.20 bits per heavy atom. The maximum Gasteiger partial charge on any atom is 0.309 e. The number of rotatable bonds is 1. The number of aliphatic hydroxyl groups is 1. The molecule has 6 fully saturated rings. The third-order valence-corrected chi connectivity index (χ3v) is 14.5. The Hall–Kier alpha value is -0.940. The highest BCUT2D eigenvalue weighted by Gasteiger charge is 2.75. The molecule has 5 heteroatoms. The molecule has 6 aliphatic rings. The summed E-state index contributed by atoms with van der Waals surface area (Å²) < 4.78 is 5.91. The lowest BCUT2D eigenvalue weighted by Gasteiger charge is -2.74. The fraction of sp³-hybridized carbons (Fsp3) is 0.933. The molecule has 0 aromatic carbocycles. The van der Waals surface area contributed by atoms with Gasteiger partial charge in [-0.15, -0.1) is 0 Å². The van der Waals surface area contributed by atoms with Gasteiger partial charge in [0.2, 0.25) is 5.79 Å². The van der Waals surface area contributed by atoms with Gasteiger partial charge in [-0.05, 0) is 104 Å². The summed E-state index contributed by atoms with van der Waals surface area (Å²) in [6, 6.07) is 0. The first kappa shape index (κ1) is 24.4. The van der Waals surface area contributed by atoms with E-state index in [4.69, 9.17) is 4.74 Å². The van der Waals surface area contributed by atoms with Gasteiger partial charge in [-0.3, -0.25) is 9.59 Å². The Morgan fingerprint density at radius 1 is 0.886 bits per heavy atom. The van der Waals surface area contributed by atoms with Gasteiger partial charge in [0.25, 0.3) is 0 Å². The third-order valence-electron chi connectivity index (χ3n) is 14.5. The number of carbonyl (C=O) groups is 2. The molecule has 1 spiro atoms. The Kier molecular flexibility index (Phi) is 4.69. The molecule has 35 heavy (non-hydrogen) atoms. The van der Waals surface area contributed by atoms with E-state index in [2.05, 4.69) is 34.6 Å². The van der Waals surface area contributed by atoms with Crippen LogP contribution < -0.4 is 0 Å². The summed E-state index contributed by atoms with van der Waals surface area (Å²) in [5.41, 5.74) is -0.236. The van der Waals surface area contributed by atoms with Crippen molar-refractivity contribution in [2.45, 2.75) is 112 Å². The molecular formula is C30H46O5. The summed E-state index contributed by atoms with van der Waals surface area (Å²) in [5, 5.41) is 21.2. The van der Waals surface area contributed by atoms with Crippen LogP contribution in [0.25, 0.3) is 0 Å². The molecule has 2 bridgehead atoms. The standard InChI is InChI=1S/C30H46O5/c1-18-29-8-7-19-26(4,20(29)15-22(31)30(18,34)35-17-29)12-14-28(6)21-16-25(3,23(32)33)10-9-24(21,2)11-13-27(19,28)5/h18-21,34H,7-17H2,1-6H3,(H,32,33)/t18-,19-,20?,21-,24-,25-,26-,27-,28+,29+,30-/m1/s1. The number of carboxylic acids is 1. The molecule has 5 saturated carbocycles. The van der Waals surface area contributed by atoms with Crippen LogP contribution in [0.2, 0.25) is 0 Å². The zero-order valence-corrected chi connectivity index (χ0v) is 22.7. The quantitative estimate of drug-likeness (QED) is 0.487. The van der Waals surface area contributed by atoms with Crippen LogP contribution in [0.1, 0.15) is 106 Å². The van der Waals surface area contributed by atoms with Gasteiger partial charge in [-0.25, -0.2) is 0 Å². The van der Waals surface area contributed by atoms with E-state index in [0.717, 1.165) is 44.9 Å². The smallest absolute Gasteiger partial charge is 0.309 e. The monoisotopic (exact) mass is 486 g/mol. The van der Waals surface area contributed by atoms with Crippen LogP contribution >= 0.6 is 0 Å². The highest BCUT2D eigenvalue weighted by molar-refractivity contribution is 5.88. The van der Waals surface area contributed by atoms with Gasteiger partial charge in [0, 0.05) is 17.8 Å². The highest BCUT2D eigenvalue weighted by Crippen LogP contribution is 2.79. The predicted molar refractivity (Wildman–Crippen MR) is 132 cm³/mol. The first-order valence-corrected chi connectivity index (χ1v) is 14.2. The molecule has 0 amide bonds. The second kappa shape index (κ2) is 6.73. The van der Waals surface area contributed by atoms with Crippen molar-refractivity contribution in [3.05, 3.63) is 0 Å². The summed E-state index contributed by atoms with van der Waals surface area (Å²) in [7, 11) is 0. The first-order chi connectivity index (χ1) is 16.1. The summed E-state index contributed by atoms with van der Waals surface area (Å²) in [4.78, 5) is 25.5. The van der Waals surface area contributed by atoms with Crippen LogP contribution in [-0.4, -0.2) is 34.4 Å². The Bertz CT molecular complexity index is 993. The fourth-order valence-corrected chi connectivity index (χ4v) is 11.7. The number of hydrogen-bond donors (Lipinski definition) is 2. The Morgan fingerprint density at radius 2 is 1.51 bits per heavy atom. The molecule has 5 nitrogen and oxygen atoms in total. The molecule has 1 saturated heterocycles. The van der Waals surface area contributed by atoms with Crippen molar-refractivity contribution in [2.24, 2.45) is 56.2 Å². The van der Waals surface area contributed by atoms with Crippen molar-refractivity contribution in [3.8, 4) is 0 Å². The zero-order chi connectivity index (χ0) is 25.4. The average Bonchev–Trinajstić information content (AvgIpc) is 2.97. The molecule has 0 aromatic rings. The molecule has 1 heterocycles. The molecule has 0 aromatic heterocycles. The minimum absolute atomic E-state index is 0.0456. The molecule has 5 aliphatic carbocycles. The number of carbonyl (C=O) groups excluding carboxylic acids is 1. The second-order valence-corrected chi connectivity index (χ2v) is 15.3. The fourth-order valence-electron chi connectivity index (χ4n) is 11.7. The maximum absolute atomic E-state index is 13.2. The zero-order valence-electron chi connectivity index (χ0n) is 22.7. The van der Waals surface area contributed by atoms with Crippen LogP contribution in [0.5, 0.6) is 0 Å². The van der Waals surface area contributed by atoms with Gasteiger partial charge < -0.3 is 14.9 Å². The molecule has 1 unspecified atom stereocenters. The van der Waals surface area contributed by atoms with Gasteiger partial charge >= 0.3 is 5.97 Å². The average molecular weight is 487 g/mol. The molecule has 1 aliphatic heterocycles. The number of ketones is 1. The van der Waals surface area contributed by atoms with Crippen molar-refractivity contribution in [3.63, 3.8) is 0 Å². The van der Waals surface area contributed by atoms with Crippen molar-refractivity contribution in [1.29, 1.82) is 0 Å². The number of fused-ring (bicyclic) bond motifs is 7. The van der Waals surface area contributed by atoms with E-state index in [9.17, 15) is 19.8 Å². The minimum atomic E-state index is -1.58. The van der Waals surface area contributed by atoms with Crippen molar-refractivity contribution >= 4 is 11.8 Å². The van der Waals surface area contributed by atoms with Gasteiger partial charge in [0.05, 0.1) is 12.0 Å². The number of ether oxygens (including phenoxy) is 1. The second-order valence-electron chi connectivity index (χ2n) is 15.3. The van der Waals surface area contributed by atoms with E-state index >= 15 is 0 Å². The summed E-state index contributed by atoms with van der Waals surface area (Å²) in [5.74, 6) is -1.28. The van der Waals surface area contributed by atoms with Gasteiger partial charge in [-0.1, -0.05) is 34.6 Å². The van der Waals surface area contributed by atoms with E-state index in [1.807, 2.05) is 6.92 Å². The number of carboxylic acid groups (broad SMARTS) is 1. The molecule has 6 rings (SSSR count). The summed E-state index contributed by atoms with van der Waals surface area (Å²) in [6.45, 7) is 14.5. The summed E-state index contributed by atoms with van der Waals surface area (Å²) >= 11 is 0. The molecule has 2 N–H and O–H groups in total.